The molecule has 0 atom stereocenters. The molecule has 0 saturated heterocycles. The van der Waals surface area contributed by atoms with Crippen LogP contribution in [0.1, 0.15) is 52.7 Å². The van der Waals surface area contributed by atoms with Gasteiger partial charge in [0, 0.05) is 22.1 Å². The van der Waals surface area contributed by atoms with Crippen LogP contribution in [0.15, 0.2) is 132 Å². The summed E-state index contributed by atoms with van der Waals surface area (Å²) in [5.74, 6) is 0. The summed E-state index contributed by atoms with van der Waals surface area (Å²) in [7, 11) is 0. The van der Waals surface area contributed by atoms with Gasteiger partial charge in [0.15, 0.2) is 5.58 Å². The lowest BCUT2D eigenvalue weighted by molar-refractivity contribution is 0.125. The van der Waals surface area contributed by atoms with Crippen LogP contribution in [-0.4, -0.2) is 0 Å². The first-order valence-corrected chi connectivity index (χ1v) is 16.0. The molecule has 0 fully saturated rings. The van der Waals surface area contributed by atoms with E-state index in [0.29, 0.717) is 0 Å². The van der Waals surface area contributed by atoms with Crippen molar-refractivity contribution >= 4 is 49.8 Å². The normalized spacial score (nSPS) is 16.3. The maximum absolute atomic E-state index is 6.92. The second kappa shape index (κ2) is 9.59. The summed E-state index contributed by atoms with van der Waals surface area (Å²) in [6.45, 7) is 14.4. The molecule has 6 aromatic carbocycles. The fourth-order valence-electron chi connectivity index (χ4n) is 7.69. The fraction of sp³-hybridized carbons (Fsp3) is 0.209. The van der Waals surface area contributed by atoms with Gasteiger partial charge < -0.3 is 9.32 Å². The Balaban J connectivity index is 1.38. The van der Waals surface area contributed by atoms with Crippen molar-refractivity contribution in [2.24, 2.45) is 5.41 Å². The molecule has 0 N–H and O–H groups in total. The molecule has 45 heavy (non-hydrogen) atoms. The van der Waals surface area contributed by atoms with Crippen LogP contribution in [0.4, 0.5) is 17.1 Å². The van der Waals surface area contributed by atoms with E-state index in [1.807, 2.05) is 0 Å². The summed E-state index contributed by atoms with van der Waals surface area (Å²) in [6, 6.07) is 46.0. The quantitative estimate of drug-likeness (QED) is 0.204. The van der Waals surface area contributed by atoms with Crippen molar-refractivity contribution in [1.29, 1.82) is 0 Å². The summed E-state index contributed by atoms with van der Waals surface area (Å²) in [4.78, 5) is 2.36. The van der Waals surface area contributed by atoms with E-state index in [1.54, 1.807) is 0 Å². The molecule has 0 spiro atoms. The standard InChI is InChI=1S/C43H39NO/c1-41(2)36-26-35-34-20-13-21-38(40(34)45-39(35)27-37(36)42(3,4)43(41,5)6)44(33-23-22-29-16-10-11-17-30(29)25-33)32-19-12-18-31(24-32)28-14-8-7-9-15-28/h7-27H,1-6H3. The number of fused-ring (bicyclic) bond motifs is 5. The van der Waals surface area contributed by atoms with Crippen molar-refractivity contribution in [2.75, 3.05) is 4.90 Å². The zero-order chi connectivity index (χ0) is 31.1. The summed E-state index contributed by atoms with van der Waals surface area (Å²) < 4.78 is 6.92. The number of hydrogen-bond acceptors (Lipinski definition) is 2. The molecule has 1 aromatic heterocycles. The fourth-order valence-corrected chi connectivity index (χ4v) is 7.69. The first-order valence-electron chi connectivity index (χ1n) is 16.0. The van der Waals surface area contributed by atoms with Crippen LogP contribution in [0.3, 0.4) is 0 Å². The molecule has 0 radical (unpaired) electrons. The Morgan fingerprint density at radius 3 is 1.91 bits per heavy atom. The molecule has 0 saturated carbocycles. The van der Waals surface area contributed by atoms with E-state index >= 15 is 0 Å². The first kappa shape index (κ1) is 27.7. The molecule has 8 rings (SSSR count). The van der Waals surface area contributed by atoms with Crippen LogP contribution >= 0.6 is 0 Å². The molecule has 0 amide bonds. The second-order valence-corrected chi connectivity index (χ2v) is 14.3. The molecule has 1 aliphatic carbocycles. The first-order chi connectivity index (χ1) is 21.6. The highest BCUT2D eigenvalue weighted by molar-refractivity contribution is 6.11. The molecular formula is C43H39NO. The number of anilines is 3. The van der Waals surface area contributed by atoms with Crippen molar-refractivity contribution < 1.29 is 4.42 Å². The predicted molar refractivity (Wildman–Crippen MR) is 191 cm³/mol. The van der Waals surface area contributed by atoms with Crippen LogP contribution in [0.25, 0.3) is 43.8 Å². The van der Waals surface area contributed by atoms with Crippen molar-refractivity contribution in [3.05, 3.63) is 139 Å². The van der Waals surface area contributed by atoms with Gasteiger partial charge in [-0.25, -0.2) is 0 Å². The number of furan rings is 1. The summed E-state index contributed by atoms with van der Waals surface area (Å²) in [6.07, 6.45) is 0. The Morgan fingerprint density at radius 1 is 0.489 bits per heavy atom. The highest BCUT2D eigenvalue weighted by atomic mass is 16.3. The molecule has 0 unspecified atom stereocenters. The molecule has 1 heterocycles. The summed E-state index contributed by atoms with van der Waals surface area (Å²) in [5, 5.41) is 4.76. The molecule has 0 aliphatic heterocycles. The van der Waals surface area contributed by atoms with E-state index in [4.69, 9.17) is 4.42 Å². The van der Waals surface area contributed by atoms with E-state index in [0.717, 1.165) is 33.6 Å². The van der Waals surface area contributed by atoms with Crippen molar-refractivity contribution in [3.63, 3.8) is 0 Å². The number of hydrogen-bond donors (Lipinski definition) is 0. The average Bonchev–Trinajstić information content (AvgIpc) is 3.47. The number of benzene rings is 6. The van der Waals surface area contributed by atoms with Crippen LogP contribution in [0.2, 0.25) is 0 Å². The number of para-hydroxylation sites is 1. The monoisotopic (exact) mass is 585 g/mol. The Kier molecular flexibility index (Phi) is 5.90. The highest BCUT2D eigenvalue weighted by Crippen LogP contribution is 2.62. The number of nitrogens with zero attached hydrogens (tertiary/aromatic N) is 1. The highest BCUT2D eigenvalue weighted by Gasteiger charge is 2.57. The van der Waals surface area contributed by atoms with Gasteiger partial charge in [-0.15, -0.1) is 0 Å². The van der Waals surface area contributed by atoms with Gasteiger partial charge in [0.05, 0.1) is 5.69 Å². The van der Waals surface area contributed by atoms with Crippen LogP contribution in [0.5, 0.6) is 0 Å². The second-order valence-electron chi connectivity index (χ2n) is 14.3. The molecule has 2 heteroatoms. The van der Waals surface area contributed by atoms with E-state index in [-0.39, 0.29) is 16.2 Å². The van der Waals surface area contributed by atoms with Gasteiger partial charge in [-0.05, 0) is 91.7 Å². The largest absolute Gasteiger partial charge is 0.454 e. The summed E-state index contributed by atoms with van der Waals surface area (Å²) in [5.41, 5.74) is 10.4. The Hall–Kier alpha value is -4.82. The lowest BCUT2D eigenvalue weighted by Gasteiger charge is -2.44. The SMILES string of the molecule is CC1(C)c2cc3oc4c(N(c5cccc(-c6ccccc6)c5)c5ccc6ccccc6c5)cccc4c3cc2C(C)(C)C1(C)C. The molecule has 2 nitrogen and oxygen atoms in total. The predicted octanol–water partition coefficient (Wildman–Crippen LogP) is 12.5. The zero-order valence-corrected chi connectivity index (χ0v) is 27.0. The smallest absolute Gasteiger partial charge is 0.159 e. The maximum Gasteiger partial charge on any atom is 0.159 e. The van der Waals surface area contributed by atoms with Gasteiger partial charge >= 0.3 is 0 Å². The Labute approximate surface area is 265 Å². The van der Waals surface area contributed by atoms with Gasteiger partial charge in [-0.2, -0.15) is 0 Å². The molecular weight excluding hydrogens is 546 g/mol. The van der Waals surface area contributed by atoms with Crippen molar-refractivity contribution in [1.82, 2.24) is 0 Å². The molecule has 222 valence electrons. The third kappa shape index (κ3) is 3.94. The average molecular weight is 586 g/mol. The van der Waals surface area contributed by atoms with Gasteiger partial charge in [-0.1, -0.05) is 126 Å². The van der Waals surface area contributed by atoms with E-state index in [9.17, 15) is 0 Å². The van der Waals surface area contributed by atoms with Gasteiger partial charge in [-0.3, -0.25) is 0 Å². The van der Waals surface area contributed by atoms with Crippen molar-refractivity contribution in [2.45, 2.75) is 52.4 Å². The zero-order valence-electron chi connectivity index (χ0n) is 27.0. The lowest BCUT2D eigenvalue weighted by atomic mass is 9.59. The minimum atomic E-state index is 0.0107. The van der Waals surface area contributed by atoms with Gasteiger partial charge in [0.2, 0.25) is 0 Å². The Morgan fingerprint density at radius 2 is 1.13 bits per heavy atom. The van der Waals surface area contributed by atoms with Crippen LogP contribution < -0.4 is 4.90 Å². The van der Waals surface area contributed by atoms with Crippen LogP contribution in [-0.2, 0) is 10.8 Å². The summed E-state index contributed by atoms with van der Waals surface area (Å²) >= 11 is 0. The van der Waals surface area contributed by atoms with E-state index in [1.165, 1.54) is 38.4 Å². The molecule has 7 aromatic rings. The maximum atomic E-state index is 6.92. The Bertz CT molecular complexity index is 2250. The molecule has 1 aliphatic rings. The van der Waals surface area contributed by atoms with Gasteiger partial charge in [0.25, 0.3) is 0 Å². The third-order valence-corrected chi connectivity index (χ3v) is 11.5. The lowest BCUT2D eigenvalue weighted by Crippen LogP contribution is -2.42. The topological polar surface area (TPSA) is 16.4 Å². The van der Waals surface area contributed by atoms with E-state index in [2.05, 4.69) is 174 Å². The van der Waals surface area contributed by atoms with Gasteiger partial charge in [0.1, 0.15) is 5.58 Å². The van der Waals surface area contributed by atoms with E-state index < -0.39 is 0 Å². The minimum absolute atomic E-state index is 0.0107. The van der Waals surface area contributed by atoms with Crippen LogP contribution in [0, 0.1) is 5.41 Å². The van der Waals surface area contributed by atoms with Crippen molar-refractivity contribution in [3.8, 4) is 11.1 Å². The number of rotatable bonds is 4. The molecule has 0 bridgehead atoms. The minimum Gasteiger partial charge on any atom is -0.454 e. The third-order valence-electron chi connectivity index (χ3n) is 11.5.